The monoisotopic (exact) mass is 439 g/mol. The number of allylic oxidation sites excluding steroid dienone is 3. The molecule has 1 saturated heterocycles. The first-order chi connectivity index (χ1) is 15.2. The molecule has 1 aliphatic heterocycles. The van der Waals surface area contributed by atoms with E-state index in [1.54, 1.807) is 7.11 Å². The summed E-state index contributed by atoms with van der Waals surface area (Å²) in [5, 5.41) is 14.1. The van der Waals surface area contributed by atoms with Gasteiger partial charge < -0.3 is 20.1 Å². The largest absolute Gasteiger partial charge is 0.512 e. The standard InChI is InChI=1S/C26H37N3O3/c1-17-13-18(2)24(31)23-21(17)15-26(3,4)25(23)27-22(30)16-28-9-11-29(12-10-28)19-7-6-8-20(14-19)32-5/h6-8,13-14,21,23,25,31H,9-12,15-16H2,1-5H3,(H,27,30). The first kappa shape index (κ1) is 22.7. The lowest BCUT2D eigenvalue weighted by molar-refractivity contribution is -0.124. The summed E-state index contributed by atoms with van der Waals surface area (Å²) in [4.78, 5) is 17.6. The van der Waals surface area contributed by atoms with Gasteiger partial charge in [-0.3, -0.25) is 9.69 Å². The van der Waals surface area contributed by atoms with E-state index in [1.807, 2.05) is 19.1 Å². The van der Waals surface area contributed by atoms with Crippen molar-refractivity contribution in [3.05, 3.63) is 47.2 Å². The molecule has 1 aromatic rings. The molecule has 2 N–H and O–H groups in total. The van der Waals surface area contributed by atoms with Gasteiger partial charge in [0.1, 0.15) is 11.5 Å². The van der Waals surface area contributed by atoms with Crippen molar-refractivity contribution in [3.63, 3.8) is 0 Å². The number of ether oxygens (including phenoxy) is 1. The fraction of sp³-hybridized carbons (Fsp3) is 0.577. The third kappa shape index (κ3) is 4.38. The number of fused-ring (bicyclic) bond motifs is 1. The normalized spacial score (nSPS) is 27.7. The van der Waals surface area contributed by atoms with Gasteiger partial charge in [0.05, 0.1) is 13.7 Å². The Balaban J connectivity index is 1.35. The number of carbonyl (C=O) groups excluding carboxylic acids is 1. The molecular formula is C26H37N3O3. The maximum Gasteiger partial charge on any atom is 0.234 e. The van der Waals surface area contributed by atoms with E-state index < -0.39 is 0 Å². The molecule has 1 saturated carbocycles. The minimum atomic E-state index is -0.0657. The van der Waals surface area contributed by atoms with Gasteiger partial charge in [-0.1, -0.05) is 31.6 Å². The predicted molar refractivity (Wildman–Crippen MR) is 128 cm³/mol. The summed E-state index contributed by atoms with van der Waals surface area (Å²) >= 11 is 0. The Kier molecular flexibility index (Phi) is 6.26. The number of rotatable bonds is 5. The van der Waals surface area contributed by atoms with Gasteiger partial charge in [-0.15, -0.1) is 0 Å². The zero-order valence-electron chi connectivity index (χ0n) is 20.0. The first-order valence-corrected chi connectivity index (χ1v) is 11.7. The van der Waals surface area contributed by atoms with Crippen molar-refractivity contribution in [2.75, 3.05) is 44.7 Å². The van der Waals surface area contributed by atoms with Crippen molar-refractivity contribution < 1.29 is 14.6 Å². The van der Waals surface area contributed by atoms with Gasteiger partial charge in [-0.05, 0) is 49.3 Å². The average molecular weight is 440 g/mol. The molecule has 4 rings (SSSR count). The lowest BCUT2D eigenvalue weighted by atomic mass is 9.80. The van der Waals surface area contributed by atoms with Crippen LogP contribution in [0.25, 0.3) is 0 Å². The summed E-state index contributed by atoms with van der Waals surface area (Å²) in [5.74, 6) is 1.64. The van der Waals surface area contributed by atoms with Crippen molar-refractivity contribution in [2.24, 2.45) is 17.3 Å². The summed E-state index contributed by atoms with van der Waals surface area (Å²) in [7, 11) is 1.69. The SMILES string of the molecule is COc1cccc(N2CCN(CC(=O)NC3C4C(O)=C(C)C=C(C)C4CC3(C)C)CC2)c1. The van der Waals surface area contributed by atoms with Crippen LogP contribution in [0.2, 0.25) is 0 Å². The lowest BCUT2D eigenvalue weighted by Gasteiger charge is -2.37. The number of hydrogen-bond acceptors (Lipinski definition) is 5. The van der Waals surface area contributed by atoms with Gasteiger partial charge in [-0.2, -0.15) is 0 Å². The van der Waals surface area contributed by atoms with Crippen LogP contribution in [-0.4, -0.2) is 61.8 Å². The lowest BCUT2D eigenvalue weighted by Crippen LogP contribution is -2.53. The number of benzene rings is 1. The van der Waals surface area contributed by atoms with E-state index in [2.05, 4.69) is 54.1 Å². The van der Waals surface area contributed by atoms with Crippen LogP contribution in [-0.2, 0) is 4.79 Å². The van der Waals surface area contributed by atoms with Gasteiger partial charge in [0.15, 0.2) is 0 Å². The Morgan fingerprint density at radius 3 is 2.62 bits per heavy atom. The van der Waals surface area contributed by atoms with Gasteiger partial charge in [0, 0.05) is 49.9 Å². The van der Waals surface area contributed by atoms with Gasteiger partial charge in [0.2, 0.25) is 5.91 Å². The smallest absolute Gasteiger partial charge is 0.234 e. The first-order valence-electron chi connectivity index (χ1n) is 11.7. The number of hydrogen-bond donors (Lipinski definition) is 2. The molecule has 1 heterocycles. The van der Waals surface area contributed by atoms with Gasteiger partial charge in [0.25, 0.3) is 0 Å². The molecule has 1 amide bonds. The summed E-state index contributed by atoms with van der Waals surface area (Å²) in [5.41, 5.74) is 3.33. The summed E-state index contributed by atoms with van der Waals surface area (Å²) in [6.07, 6.45) is 3.07. The molecule has 2 fully saturated rings. The summed E-state index contributed by atoms with van der Waals surface area (Å²) in [6.45, 7) is 12.4. The molecule has 3 aliphatic rings. The Morgan fingerprint density at radius 2 is 1.94 bits per heavy atom. The van der Waals surface area contributed by atoms with E-state index in [0.717, 1.165) is 49.6 Å². The Hall–Kier alpha value is -2.47. The van der Waals surface area contributed by atoms with Crippen LogP contribution < -0.4 is 15.0 Å². The van der Waals surface area contributed by atoms with Crippen molar-refractivity contribution in [3.8, 4) is 5.75 Å². The Bertz CT molecular complexity index is 928. The number of piperazine rings is 1. The zero-order chi connectivity index (χ0) is 23.0. The third-order valence-corrected chi connectivity index (χ3v) is 7.60. The number of aliphatic hydroxyl groups excluding tert-OH is 1. The van der Waals surface area contributed by atoms with Crippen LogP contribution in [0, 0.1) is 17.3 Å². The summed E-state index contributed by atoms with van der Waals surface area (Å²) < 4.78 is 5.34. The molecule has 3 unspecified atom stereocenters. The molecule has 6 heteroatoms. The number of carbonyl (C=O) groups is 1. The fourth-order valence-corrected chi connectivity index (χ4v) is 5.80. The number of anilines is 1. The minimum absolute atomic E-state index is 0.0242. The second kappa shape index (κ2) is 8.81. The molecular weight excluding hydrogens is 402 g/mol. The van der Waals surface area contributed by atoms with E-state index >= 15 is 0 Å². The second-order valence-corrected chi connectivity index (χ2v) is 10.3. The van der Waals surface area contributed by atoms with Crippen LogP contribution in [0.15, 0.2) is 47.2 Å². The van der Waals surface area contributed by atoms with E-state index in [-0.39, 0.29) is 23.3 Å². The molecule has 0 bridgehead atoms. The van der Waals surface area contributed by atoms with Crippen molar-refractivity contribution >= 4 is 11.6 Å². The van der Waals surface area contributed by atoms with Crippen LogP contribution in [0.3, 0.4) is 0 Å². The highest BCUT2D eigenvalue weighted by Gasteiger charge is 2.52. The topological polar surface area (TPSA) is 65.0 Å². The highest BCUT2D eigenvalue weighted by atomic mass is 16.5. The number of nitrogens with zero attached hydrogens (tertiary/aromatic N) is 2. The molecule has 174 valence electrons. The molecule has 1 aromatic carbocycles. The third-order valence-electron chi connectivity index (χ3n) is 7.60. The van der Waals surface area contributed by atoms with Gasteiger partial charge in [-0.25, -0.2) is 0 Å². The zero-order valence-corrected chi connectivity index (χ0v) is 20.0. The molecule has 6 nitrogen and oxygen atoms in total. The van der Waals surface area contributed by atoms with Crippen molar-refractivity contribution in [1.82, 2.24) is 10.2 Å². The number of aliphatic hydroxyl groups is 1. The average Bonchev–Trinajstić information content (AvgIpc) is 3.03. The molecule has 2 aliphatic carbocycles. The number of nitrogens with one attached hydrogen (secondary N) is 1. The molecule has 0 radical (unpaired) electrons. The van der Waals surface area contributed by atoms with E-state index in [4.69, 9.17) is 4.74 Å². The molecule has 0 spiro atoms. The number of amides is 1. The van der Waals surface area contributed by atoms with E-state index in [0.29, 0.717) is 18.2 Å². The van der Waals surface area contributed by atoms with E-state index in [9.17, 15) is 9.90 Å². The maximum absolute atomic E-state index is 13.0. The molecule has 32 heavy (non-hydrogen) atoms. The quantitative estimate of drug-likeness (QED) is 0.731. The molecule has 3 atom stereocenters. The van der Waals surface area contributed by atoms with Crippen LogP contribution in [0.1, 0.15) is 34.1 Å². The highest BCUT2D eigenvalue weighted by Crippen LogP contribution is 2.52. The minimum Gasteiger partial charge on any atom is -0.512 e. The van der Waals surface area contributed by atoms with Crippen LogP contribution in [0.4, 0.5) is 5.69 Å². The van der Waals surface area contributed by atoms with E-state index in [1.165, 1.54) is 5.57 Å². The predicted octanol–water partition coefficient (Wildman–Crippen LogP) is 3.76. The van der Waals surface area contributed by atoms with Gasteiger partial charge >= 0.3 is 0 Å². The second-order valence-electron chi connectivity index (χ2n) is 10.3. The fourth-order valence-electron chi connectivity index (χ4n) is 5.80. The Labute approximate surface area is 191 Å². The maximum atomic E-state index is 13.0. The van der Waals surface area contributed by atoms with Crippen LogP contribution >= 0.6 is 0 Å². The summed E-state index contributed by atoms with van der Waals surface area (Å²) in [6, 6.07) is 8.07. The number of methoxy groups -OCH3 is 1. The highest BCUT2D eigenvalue weighted by molar-refractivity contribution is 5.78. The van der Waals surface area contributed by atoms with Crippen molar-refractivity contribution in [1.29, 1.82) is 0 Å². The van der Waals surface area contributed by atoms with Crippen molar-refractivity contribution in [2.45, 2.75) is 40.2 Å². The van der Waals surface area contributed by atoms with Crippen LogP contribution in [0.5, 0.6) is 5.75 Å². The molecule has 0 aromatic heterocycles. The Morgan fingerprint density at radius 1 is 1.22 bits per heavy atom.